The van der Waals surface area contributed by atoms with Crippen LogP contribution in [0.1, 0.15) is 17.3 Å². The molecule has 0 spiro atoms. The van der Waals surface area contributed by atoms with E-state index in [0.29, 0.717) is 23.5 Å². The number of nitrogens with zero attached hydrogens (tertiary/aromatic N) is 1. The van der Waals surface area contributed by atoms with Crippen molar-refractivity contribution in [2.24, 2.45) is 0 Å². The Labute approximate surface area is 117 Å². The van der Waals surface area contributed by atoms with Gasteiger partial charge in [-0.1, -0.05) is 0 Å². The van der Waals surface area contributed by atoms with Crippen LogP contribution >= 0.6 is 0 Å². The molecule has 2 amide bonds. The first kappa shape index (κ1) is 12.9. The summed E-state index contributed by atoms with van der Waals surface area (Å²) in [6.45, 7) is 4.35. The van der Waals surface area contributed by atoms with E-state index in [1.807, 2.05) is 11.8 Å². The van der Waals surface area contributed by atoms with E-state index in [1.54, 1.807) is 18.2 Å². The van der Waals surface area contributed by atoms with Crippen molar-refractivity contribution in [1.29, 1.82) is 0 Å². The van der Waals surface area contributed by atoms with Crippen LogP contribution in [-0.2, 0) is 4.79 Å². The Morgan fingerprint density at radius 1 is 1.45 bits per heavy atom. The van der Waals surface area contributed by atoms with Gasteiger partial charge in [-0.05, 0) is 25.1 Å². The van der Waals surface area contributed by atoms with Crippen LogP contribution in [0, 0.1) is 0 Å². The Morgan fingerprint density at radius 3 is 3.10 bits per heavy atom. The normalized spacial score (nSPS) is 21.8. The van der Waals surface area contributed by atoms with E-state index in [2.05, 4.69) is 10.6 Å². The summed E-state index contributed by atoms with van der Waals surface area (Å²) in [5.41, 5.74) is 1.14. The van der Waals surface area contributed by atoms with Gasteiger partial charge in [-0.15, -0.1) is 0 Å². The van der Waals surface area contributed by atoms with Crippen LogP contribution in [0.15, 0.2) is 18.2 Å². The molecule has 1 aromatic rings. The molecule has 0 unspecified atom stereocenters. The maximum absolute atomic E-state index is 12.5. The predicted octanol–water partition coefficient (Wildman–Crippen LogP) is 0.451. The van der Waals surface area contributed by atoms with E-state index in [-0.39, 0.29) is 24.5 Å². The van der Waals surface area contributed by atoms with Crippen LogP contribution in [-0.4, -0.2) is 49.0 Å². The molecule has 1 aromatic carbocycles. The lowest BCUT2D eigenvalue weighted by atomic mass is 10.1. The van der Waals surface area contributed by atoms with Crippen LogP contribution in [0.25, 0.3) is 0 Å². The van der Waals surface area contributed by atoms with Gasteiger partial charge in [0.15, 0.2) is 6.61 Å². The van der Waals surface area contributed by atoms with Crippen LogP contribution in [0.2, 0.25) is 0 Å². The van der Waals surface area contributed by atoms with Gasteiger partial charge in [0.05, 0.1) is 5.69 Å². The average molecular weight is 275 g/mol. The van der Waals surface area contributed by atoms with Gasteiger partial charge in [0.25, 0.3) is 11.8 Å². The molecule has 3 rings (SSSR count). The first-order valence-corrected chi connectivity index (χ1v) is 6.73. The smallest absolute Gasteiger partial charge is 0.262 e. The second kappa shape index (κ2) is 5.13. The Hall–Kier alpha value is -2.08. The van der Waals surface area contributed by atoms with Crippen molar-refractivity contribution in [2.75, 3.05) is 31.6 Å². The molecule has 1 fully saturated rings. The topological polar surface area (TPSA) is 70.7 Å². The third-order valence-corrected chi connectivity index (χ3v) is 3.62. The number of hydrogen-bond donors (Lipinski definition) is 2. The van der Waals surface area contributed by atoms with Gasteiger partial charge in [-0.2, -0.15) is 0 Å². The van der Waals surface area contributed by atoms with Crippen molar-refractivity contribution in [2.45, 2.75) is 13.0 Å². The van der Waals surface area contributed by atoms with Gasteiger partial charge in [-0.25, -0.2) is 0 Å². The van der Waals surface area contributed by atoms with Crippen molar-refractivity contribution < 1.29 is 14.3 Å². The van der Waals surface area contributed by atoms with E-state index in [0.717, 1.165) is 13.1 Å². The SMILES string of the molecule is C[C@@H]1CNCCN1C(=O)c1ccc2c(c1)NC(=O)CO2. The largest absolute Gasteiger partial charge is 0.482 e. The molecule has 1 atom stereocenters. The zero-order chi connectivity index (χ0) is 14.1. The van der Waals surface area contributed by atoms with Gasteiger partial charge in [-0.3, -0.25) is 9.59 Å². The number of amides is 2. The molecule has 0 radical (unpaired) electrons. The lowest BCUT2D eigenvalue weighted by molar-refractivity contribution is -0.118. The summed E-state index contributed by atoms with van der Waals surface area (Å²) < 4.78 is 5.29. The molecule has 2 aliphatic rings. The number of fused-ring (bicyclic) bond motifs is 1. The summed E-state index contributed by atoms with van der Waals surface area (Å²) in [6, 6.07) is 5.32. The third-order valence-electron chi connectivity index (χ3n) is 3.62. The van der Waals surface area contributed by atoms with Crippen LogP contribution < -0.4 is 15.4 Å². The fourth-order valence-corrected chi connectivity index (χ4v) is 2.52. The summed E-state index contributed by atoms with van der Waals surface area (Å²) in [5.74, 6) is 0.397. The second-order valence-electron chi connectivity index (χ2n) is 5.10. The molecule has 6 heteroatoms. The van der Waals surface area contributed by atoms with E-state index in [4.69, 9.17) is 4.74 Å². The molecule has 2 aliphatic heterocycles. The fourth-order valence-electron chi connectivity index (χ4n) is 2.52. The number of ether oxygens (including phenoxy) is 1. The second-order valence-corrected chi connectivity index (χ2v) is 5.10. The summed E-state index contributed by atoms with van der Waals surface area (Å²) in [4.78, 5) is 25.7. The fraction of sp³-hybridized carbons (Fsp3) is 0.429. The number of hydrogen-bond acceptors (Lipinski definition) is 4. The van der Waals surface area contributed by atoms with Gasteiger partial charge in [0.2, 0.25) is 0 Å². The van der Waals surface area contributed by atoms with Crippen molar-refractivity contribution in [3.8, 4) is 5.75 Å². The molecular formula is C14H17N3O3. The number of carbonyl (C=O) groups is 2. The van der Waals surface area contributed by atoms with E-state index < -0.39 is 0 Å². The molecule has 1 saturated heterocycles. The standard InChI is InChI=1S/C14H17N3O3/c1-9-7-15-4-5-17(9)14(19)10-2-3-12-11(6-10)16-13(18)8-20-12/h2-3,6,9,15H,4-5,7-8H2,1H3,(H,16,18)/t9-/m1/s1. The predicted molar refractivity (Wildman–Crippen MR) is 73.9 cm³/mol. The van der Waals surface area contributed by atoms with E-state index in [9.17, 15) is 9.59 Å². The molecule has 0 saturated carbocycles. The molecule has 6 nitrogen and oxygen atoms in total. The highest BCUT2D eigenvalue weighted by Crippen LogP contribution is 2.29. The molecule has 106 valence electrons. The van der Waals surface area contributed by atoms with Crippen LogP contribution in [0.4, 0.5) is 5.69 Å². The van der Waals surface area contributed by atoms with Gasteiger partial charge in [0, 0.05) is 31.2 Å². The number of rotatable bonds is 1. The Morgan fingerprint density at radius 2 is 2.30 bits per heavy atom. The van der Waals surface area contributed by atoms with Crippen LogP contribution in [0.5, 0.6) is 5.75 Å². The number of benzene rings is 1. The van der Waals surface area contributed by atoms with Gasteiger partial charge >= 0.3 is 0 Å². The zero-order valence-electron chi connectivity index (χ0n) is 11.3. The number of anilines is 1. The number of carbonyl (C=O) groups excluding carboxylic acids is 2. The highest BCUT2D eigenvalue weighted by Gasteiger charge is 2.25. The van der Waals surface area contributed by atoms with Crippen LogP contribution in [0.3, 0.4) is 0 Å². The molecule has 20 heavy (non-hydrogen) atoms. The monoisotopic (exact) mass is 275 g/mol. The zero-order valence-corrected chi connectivity index (χ0v) is 11.3. The molecule has 0 bridgehead atoms. The molecule has 0 aromatic heterocycles. The maximum atomic E-state index is 12.5. The summed E-state index contributed by atoms with van der Waals surface area (Å²) in [7, 11) is 0. The lowest BCUT2D eigenvalue weighted by Crippen LogP contribution is -2.52. The first-order valence-electron chi connectivity index (χ1n) is 6.73. The van der Waals surface area contributed by atoms with E-state index in [1.165, 1.54) is 0 Å². The van der Waals surface area contributed by atoms with Crippen molar-refractivity contribution >= 4 is 17.5 Å². The number of nitrogens with one attached hydrogen (secondary N) is 2. The van der Waals surface area contributed by atoms with Crippen molar-refractivity contribution in [3.05, 3.63) is 23.8 Å². The minimum absolute atomic E-state index is 0.0124. The molecule has 2 N–H and O–H groups in total. The molecule has 2 heterocycles. The highest BCUT2D eigenvalue weighted by molar-refractivity contribution is 6.00. The van der Waals surface area contributed by atoms with Gasteiger partial charge < -0.3 is 20.3 Å². The Kier molecular flexibility index (Phi) is 3.31. The molecule has 0 aliphatic carbocycles. The quantitative estimate of drug-likeness (QED) is 0.781. The minimum Gasteiger partial charge on any atom is -0.482 e. The summed E-state index contributed by atoms with van der Waals surface area (Å²) >= 11 is 0. The summed E-state index contributed by atoms with van der Waals surface area (Å²) in [5, 5.41) is 5.98. The first-order chi connectivity index (χ1) is 9.65. The highest BCUT2D eigenvalue weighted by atomic mass is 16.5. The summed E-state index contributed by atoms with van der Waals surface area (Å²) in [6.07, 6.45) is 0. The third kappa shape index (κ3) is 2.34. The molecular weight excluding hydrogens is 258 g/mol. The minimum atomic E-state index is -0.197. The maximum Gasteiger partial charge on any atom is 0.262 e. The van der Waals surface area contributed by atoms with E-state index >= 15 is 0 Å². The average Bonchev–Trinajstić information content (AvgIpc) is 2.46. The van der Waals surface area contributed by atoms with Gasteiger partial charge in [0.1, 0.15) is 5.75 Å². The van der Waals surface area contributed by atoms with Crippen molar-refractivity contribution in [1.82, 2.24) is 10.2 Å². The Balaban J connectivity index is 1.85. The number of piperazine rings is 1. The Bertz CT molecular complexity index is 559. The van der Waals surface area contributed by atoms with Crippen molar-refractivity contribution in [3.63, 3.8) is 0 Å². The lowest BCUT2D eigenvalue weighted by Gasteiger charge is -2.34.